The van der Waals surface area contributed by atoms with Crippen LogP contribution in [0, 0.1) is 18.3 Å². The Morgan fingerprint density at radius 1 is 1.24 bits per heavy atom. The molecule has 3 rings (SSSR count). The number of hydrogen-bond donors (Lipinski definition) is 1. The zero-order chi connectivity index (χ0) is 18.0. The molecule has 0 saturated heterocycles. The Labute approximate surface area is 152 Å². The molecule has 0 radical (unpaired) electrons. The molecule has 25 heavy (non-hydrogen) atoms. The van der Waals surface area contributed by atoms with Crippen LogP contribution < -0.4 is 5.32 Å². The van der Waals surface area contributed by atoms with Crippen molar-refractivity contribution < 1.29 is 9.59 Å². The average molecular weight is 370 g/mol. The molecule has 1 heterocycles. The van der Waals surface area contributed by atoms with Gasteiger partial charge in [0.1, 0.15) is 5.92 Å². The van der Waals surface area contributed by atoms with E-state index >= 15 is 0 Å². The molecule has 2 aromatic carbocycles. The summed E-state index contributed by atoms with van der Waals surface area (Å²) in [6.07, 6.45) is 0. The highest BCUT2D eigenvalue weighted by Crippen LogP contribution is 2.27. The number of aryl methyl sites for hydroxylation is 1. The molecule has 1 atom stereocenters. The Morgan fingerprint density at radius 2 is 1.96 bits per heavy atom. The largest absolute Gasteiger partial charge is 0.295 e. The molecule has 5 nitrogen and oxygen atoms in total. The number of carbonyl (C=O) groups is 2. The van der Waals surface area contributed by atoms with Crippen LogP contribution in [0.15, 0.2) is 42.5 Å². The number of carbonyl (C=O) groups excluding carboxylic acids is 2. The van der Waals surface area contributed by atoms with Gasteiger partial charge in [-0.1, -0.05) is 41.1 Å². The summed E-state index contributed by atoms with van der Waals surface area (Å²) in [6.45, 7) is 1.96. The maximum absolute atomic E-state index is 12.3. The van der Waals surface area contributed by atoms with Gasteiger partial charge in [-0.15, -0.1) is 0 Å². The summed E-state index contributed by atoms with van der Waals surface area (Å²) in [4.78, 5) is 28.8. The van der Waals surface area contributed by atoms with Gasteiger partial charge in [0, 0.05) is 5.02 Å². The number of amides is 1. The van der Waals surface area contributed by atoms with E-state index in [2.05, 4.69) is 10.3 Å². The lowest BCUT2D eigenvalue weighted by atomic mass is 9.96. The van der Waals surface area contributed by atoms with Crippen LogP contribution in [0.1, 0.15) is 17.0 Å². The molecule has 0 aliphatic heterocycles. The van der Waals surface area contributed by atoms with Crippen LogP contribution in [-0.2, 0) is 9.59 Å². The molecule has 7 heteroatoms. The second-order valence-corrected chi connectivity index (χ2v) is 6.89. The number of hydrogen-bond acceptors (Lipinski definition) is 5. The quantitative estimate of drug-likeness (QED) is 0.702. The van der Waals surface area contributed by atoms with Crippen molar-refractivity contribution in [1.29, 1.82) is 5.26 Å². The van der Waals surface area contributed by atoms with E-state index in [9.17, 15) is 14.9 Å². The maximum atomic E-state index is 12.3. The fourth-order valence-corrected chi connectivity index (χ4v) is 3.40. The number of benzene rings is 2. The van der Waals surface area contributed by atoms with E-state index in [4.69, 9.17) is 11.6 Å². The van der Waals surface area contributed by atoms with Gasteiger partial charge in [-0.2, -0.15) is 5.26 Å². The highest BCUT2D eigenvalue weighted by Gasteiger charge is 2.27. The van der Waals surface area contributed by atoms with E-state index in [-0.39, 0.29) is 0 Å². The van der Waals surface area contributed by atoms with Gasteiger partial charge in [0.15, 0.2) is 5.13 Å². The Balaban J connectivity index is 1.79. The first-order chi connectivity index (χ1) is 12.0. The molecule has 1 aromatic heterocycles. The summed E-state index contributed by atoms with van der Waals surface area (Å²) in [7, 11) is 0. The van der Waals surface area contributed by atoms with E-state index in [1.807, 2.05) is 31.2 Å². The number of Topliss-reactive ketones (excluding diaryl/α,β-unsaturated/α-hetero) is 1. The molecule has 0 aliphatic rings. The third kappa shape index (κ3) is 3.68. The molecule has 1 N–H and O–H groups in total. The maximum Gasteiger partial charge on any atom is 0.295 e. The Hall–Kier alpha value is -2.75. The average Bonchev–Trinajstić information content (AvgIpc) is 2.98. The Bertz CT molecular complexity index is 1010. The number of nitrogens with zero attached hydrogens (tertiary/aromatic N) is 2. The van der Waals surface area contributed by atoms with Crippen molar-refractivity contribution in [3.63, 3.8) is 0 Å². The smallest absolute Gasteiger partial charge is 0.295 e. The van der Waals surface area contributed by atoms with Gasteiger partial charge in [-0.25, -0.2) is 4.98 Å². The lowest BCUT2D eigenvalue weighted by Gasteiger charge is -2.08. The van der Waals surface area contributed by atoms with Crippen molar-refractivity contribution in [2.45, 2.75) is 12.8 Å². The van der Waals surface area contributed by atoms with E-state index in [0.717, 1.165) is 15.8 Å². The standard InChI is InChI=1S/C18H12ClN3O2S/c1-10-2-7-14-15(8-10)25-18(21-14)22-17(24)16(23)13(9-20)11-3-5-12(19)6-4-11/h2-8,13H,1H3,(H,21,22,24)/t13-/m1/s1. The molecule has 0 saturated carbocycles. The summed E-state index contributed by atoms with van der Waals surface area (Å²) < 4.78 is 0.914. The molecular formula is C18H12ClN3O2S. The number of rotatable bonds is 4. The van der Waals surface area contributed by atoms with Crippen molar-refractivity contribution in [3.8, 4) is 6.07 Å². The van der Waals surface area contributed by atoms with Crippen molar-refractivity contribution in [2.75, 3.05) is 5.32 Å². The number of ketones is 1. The predicted molar refractivity (Wildman–Crippen MR) is 97.8 cm³/mol. The van der Waals surface area contributed by atoms with Crippen LogP contribution in [-0.4, -0.2) is 16.7 Å². The monoisotopic (exact) mass is 369 g/mol. The summed E-state index contributed by atoms with van der Waals surface area (Å²) in [5.74, 6) is -2.88. The second-order valence-electron chi connectivity index (χ2n) is 5.42. The lowest BCUT2D eigenvalue weighted by Crippen LogP contribution is -2.27. The lowest BCUT2D eigenvalue weighted by molar-refractivity contribution is -0.135. The van der Waals surface area contributed by atoms with E-state index < -0.39 is 17.6 Å². The van der Waals surface area contributed by atoms with Gasteiger partial charge in [-0.05, 0) is 42.3 Å². The van der Waals surface area contributed by atoms with Gasteiger partial charge < -0.3 is 0 Å². The number of nitriles is 1. The highest BCUT2D eigenvalue weighted by atomic mass is 35.5. The molecule has 0 bridgehead atoms. The fourth-order valence-electron chi connectivity index (χ4n) is 2.31. The van der Waals surface area contributed by atoms with Crippen molar-refractivity contribution in [1.82, 2.24) is 4.98 Å². The highest BCUT2D eigenvalue weighted by molar-refractivity contribution is 7.22. The van der Waals surface area contributed by atoms with Crippen LogP contribution in [0.2, 0.25) is 5.02 Å². The number of halogens is 1. The van der Waals surface area contributed by atoms with Gasteiger partial charge >= 0.3 is 0 Å². The third-order valence-electron chi connectivity index (χ3n) is 3.58. The van der Waals surface area contributed by atoms with E-state index in [1.54, 1.807) is 24.3 Å². The minimum atomic E-state index is -1.19. The molecule has 0 unspecified atom stereocenters. The summed E-state index contributed by atoms with van der Waals surface area (Å²) in [5, 5.41) is 12.6. The summed E-state index contributed by atoms with van der Waals surface area (Å²) in [6, 6.07) is 13.9. The summed E-state index contributed by atoms with van der Waals surface area (Å²) >= 11 is 7.08. The first kappa shape index (κ1) is 17.1. The van der Waals surface area contributed by atoms with Gasteiger partial charge in [0.25, 0.3) is 5.91 Å². The van der Waals surface area contributed by atoms with Crippen LogP contribution in [0.25, 0.3) is 10.2 Å². The molecule has 0 spiro atoms. The second kappa shape index (κ2) is 7.01. The molecule has 1 amide bonds. The van der Waals surface area contributed by atoms with Gasteiger partial charge in [0.05, 0.1) is 16.3 Å². The zero-order valence-electron chi connectivity index (χ0n) is 13.1. The molecule has 124 valence electrons. The fraction of sp³-hybridized carbons (Fsp3) is 0.111. The Kier molecular flexibility index (Phi) is 4.79. The predicted octanol–water partition coefficient (Wildman–Crippen LogP) is 4.07. The van der Waals surface area contributed by atoms with Crippen LogP contribution in [0.4, 0.5) is 5.13 Å². The number of anilines is 1. The van der Waals surface area contributed by atoms with Crippen LogP contribution in [0.5, 0.6) is 0 Å². The number of nitrogens with one attached hydrogen (secondary N) is 1. The minimum Gasteiger partial charge on any atom is -0.295 e. The number of fused-ring (bicyclic) bond motifs is 1. The number of aromatic nitrogens is 1. The van der Waals surface area contributed by atoms with Gasteiger partial charge in [-0.3, -0.25) is 14.9 Å². The zero-order valence-corrected chi connectivity index (χ0v) is 14.7. The van der Waals surface area contributed by atoms with Gasteiger partial charge in [0.2, 0.25) is 5.78 Å². The normalized spacial score (nSPS) is 11.7. The first-order valence-corrected chi connectivity index (χ1v) is 8.55. The van der Waals surface area contributed by atoms with Crippen molar-refractivity contribution in [3.05, 3.63) is 58.6 Å². The van der Waals surface area contributed by atoms with Crippen molar-refractivity contribution in [2.24, 2.45) is 0 Å². The van der Waals surface area contributed by atoms with E-state index in [1.165, 1.54) is 11.3 Å². The Morgan fingerprint density at radius 3 is 2.64 bits per heavy atom. The summed E-state index contributed by atoms with van der Waals surface area (Å²) in [5.41, 5.74) is 2.25. The van der Waals surface area contributed by atoms with Crippen LogP contribution in [0.3, 0.4) is 0 Å². The first-order valence-electron chi connectivity index (χ1n) is 7.35. The minimum absolute atomic E-state index is 0.326. The van der Waals surface area contributed by atoms with E-state index in [0.29, 0.717) is 15.7 Å². The molecular weight excluding hydrogens is 358 g/mol. The SMILES string of the molecule is Cc1ccc2nc(NC(=O)C(=O)[C@H](C#N)c3ccc(Cl)cc3)sc2c1. The van der Waals surface area contributed by atoms with Crippen LogP contribution >= 0.6 is 22.9 Å². The topological polar surface area (TPSA) is 82.8 Å². The molecule has 0 fully saturated rings. The molecule has 3 aromatic rings. The third-order valence-corrected chi connectivity index (χ3v) is 4.77. The van der Waals surface area contributed by atoms with Crippen molar-refractivity contribution >= 4 is 50.0 Å². The molecule has 0 aliphatic carbocycles. The number of thiazole rings is 1.